The van der Waals surface area contributed by atoms with E-state index >= 15 is 0 Å². The van der Waals surface area contributed by atoms with Gasteiger partial charge in [-0.2, -0.15) is 4.31 Å². The van der Waals surface area contributed by atoms with Gasteiger partial charge in [0.2, 0.25) is 16.1 Å². The first-order valence-electron chi connectivity index (χ1n) is 7.91. The Balaban J connectivity index is 2.30. The maximum atomic E-state index is 12.6. The number of benzene rings is 1. The summed E-state index contributed by atoms with van der Waals surface area (Å²) in [5.41, 5.74) is -0.109. The van der Waals surface area contributed by atoms with Crippen molar-refractivity contribution in [3.8, 4) is 0 Å². The van der Waals surface area contributed by atoms with Gasteiger partial charge in [-0.15, -0.1) is 0 Å². The van der Waals surface area contributed by atoms with Crippen LogP contribution in [0.25, 0.3) is 0 Å². The number of hydrogen-bond acceptors (Lipinski definition) is 6. The summed E-state index contributed by atoms with van der Waals surface area (Å²) >= 11 is 6.01. The second-order valence-electron chi connectivity index (χ2n) is 5.61. The summed E-state index contributed by atoms with van der Waals surface area (Å²) in [7, 11) is -3.75. The van der Waals surface area contributed by atoms with Gasteiger partial charge in [-0.1, -0.05) is 25.4 Å². The Morgan fingerprint density at radius 3 is 2.52 bits per heavy atom. The van der Waals surface area contributed by atoms with Gasteiger partial charge in [0.15, 0.2) is 0 Å². The largest absolute Gasteiger partial charge is 0.460 e. The lowest BCUT2D eigenvalue weighted by Gasteiger charge is -2.19. The van der Waals surface area contributed by atoms with Crippen LogP contribution in [0.15, 0.2) is 23.1 Å². The summed E-state index contributed by atoms with van der Waals surface area (Å²) in [6.07, 6.45) is -1.10. The van der Waals surface area contributed by atoms with Gasteiger partial charge in [0.1, 0.15) is 6.10 Å². The van der Waals surface area contributed by atoms with Gasteiger partial charge in [-0.25, -0.2) is 18.0 Å². The molecule has 1 aromatic rings. The maximum Gasteiger partial charge on any atom is 0.347 e. The highest BCUT2D eigenvalue weighted by molar-refractivity contribution is 7.89. The third-order valence-corrected chi connectivity index (χ3v) is 6.25. The first-order valence-corrected chi connectivity index (χ1v) is 9.73. The van der Waals surface area contributed by atoms with Crippen LogP contribution in [0.1, 0.15) is 37.6 Å². The van der Waals surface area contributed by atoms with E-state index in [1.165, 1.54) is 22.5 Å². The van der Waals surface area contributed by atoms with Gasteiger partial charge in [0, 0.05) is 19.5 Å². The fraction of sp³-hybridized carbons (Fsp3) is 0.500. The number of cyclic esters (lactones) is 1. The zero-order chi connectivity index (χ0) is 18.8. The molecule has 0 N–H and O–H groups in total. The smallest absolute Gasteiger partial charge is 0.347 e. The fourth-order valence-electron chi connectivity index (χ4n) is 2.54. The topological polar surface area (TPSA) is 90.0 Å². The molecule has 1 fully saturated rings. The molecule has 0 amide bonds. The minimum absolute atomic E-state index is 0.0444. The van der Waals surface area contributed by atoms with Crippen LogP contribution in [0.2, 0.25) is 5.02 Å². The maximum absolute atomic E-state index is 12.6. The molecule has 0 bridgehead atoms. The average Bonchev–Trinajstić information content (AvgIpc) is 2.85. The lowest BCUT2D eigenvalue weighted by Crippen LogP contribution is -2.30. The van der Waals surface area contributed by atoms with E-state index < -0.39 is 28.1 Å². The van der Waals surface area contributed by atoms with E-state index in [-0.39, 0.29) is 28.0 Å². The molecule has 1 heterocycles. The molecule has 0 saturated carbocycles. The molecule has 25 heavy (non-hydrogen) atoms. The van der Waals surface area contributed by atoms with Gasteiger partial charge < -0.3 is 9.47 Å². The van der Waals surface area contributed by atoms with Crippen molar-refractivity contribution in [3.05, 3.63) is 28.8 Å². The summed E-state index contributed by atoms with van der Waals surface area (Å²) in [5.74, 6) is -1.48. The predicted molar refractivity (Wildman–Crippen MR) is 90.9 cm³/mol. The van der Waals surface area contributed by atoms with Crippen molar-refractivity contribution >= 4 is 33.6 Å². The van der Waals surface area contributed by atoms with E-state index in [1.807, 2.05) is 0 Å². The summed E-state index contributed by atoms with van der Waals surface area (Å²) in [4.78, 5) is 23.9. The molecule has 1 aromatic carbocycles. The Kier molecular flexibility index (Phi) is 6.08. The molecule has 0 unspecified atom stereocenters. The minimum Gasteiger partial charge on any atom is -0.460 e. The van der Waals surface area contributed by atoms with Crippen LogP contribution in [-0.4, -0.2) is 50.0 Å². The highest BCUT2D eigenvalue weighted by Gasteiger charge is 2.36. The molecular formula is C16H20ClNO6S. The Labute approximate surface area is 151 Å². The number of esters is 2. The van der Waals surface area contributed by atoms with E-state index in [2.05, 4.69) is 0 Å². The first-order chi connectivity index (χ1) is 11.7. The summed E-state index contributed by atoms with van der Waals surface area (Å²) in [6, 6.07) is 3.82. The molecule has 2 rings (SSSR count). The van der Waals surface area contributed by atoms with Crippen molar-refractivity contribution in [2.45, 2.75) is 44.3 Å². The van der Waals surface area contributed by atoms with Gasteiger partial charge >= 0.3 is 11.9 Å². The van der Waals surface area contributed by atoms with Gasteiger partial charge in [0.05, 0.1) is 15.5 Å². The van der Waals surface area contributed by atoms with Crippen LogP contribution >= 0.6 is 11.6 Å². The van der Waals surface area contributed by atoms with Crippen LogP contribution in [0, 0.1) is 0 Å². The number of hydrogen-bond donors (Lipinski definition) is 0. The fourth-order valence-corrected chi connectivity index (χ4v) is 4.22. The van der Waals surface area contributed by atoms with Gasteiger partial charge in [0.25, 0.3) is 0 Å². The van der Waals surface area contributed by atoms with Crippen molar-refractivity contribution in [2.75, 3.05) is 13.1 Å². The highest BCUT2D eigenvalue weighted by atomic mass is 35.5. The summed E-state index contributed by atoms with van der Waals surface area (Å²) in [5, 5.41) is 0.0444. The van der Waals surface area contributed by atoms with Crippen molar-refractivity contribution < 1.29 is 27.5 Å². The van der Waals surface area contributed by atoms with Crippen LogP contribution in [0.5, 0.6) is 0 Å². The predicted octanol–water partition coefficient (Wildman–Crippen LogP) is 2.23. The van der Waals surface area contributed by atoms with Crippen molar-refractivity contribution in [2.24, 2.45) is 0 Å². The molecule has 138 valence electrons. The molecule has 0 radical (unpaired) electrons. The van der Waals surface area contributed by atoms with Crippen molar-refractivity contribution in [1.82, 2.24) is 4.31 Å². The standard InChI is InChI=1S/C16H20ClNO6S/c1-4-18(5-2)25(21,22)11-6-7-13(17)12(9-11)15(19)24-14-8-10(3)23-16(14)20/h6-7,9-10,14H,4-5,8H2,1-3H3/t10-,14-/m1/s1. The van der Waals surface area contributed by atoms with Crippen LogP contribution in [0.4, 0.5) is 0 Å². The van der Waals surface area contributed by atoms with Crippen LogP contribution < -0.4 is 0 Å². The van der Waals surface area contributed by atoms with Gasteiger partial charge in [-0.3, -0.25) is 0 Å². The van der Waals surface area contributed by atoms with E-state index in [0.29, 0.717) is 13.1 Å². The first kappa shape index (κ1) is 19.7. The monoisotopic (exact) mass is 389 g/mol. The Morgan fingerprint density at radius 2 is 2.00 bits per heavy atom. The lowest BCUT2D eigenvalue weighted by atomic mass is 10.2. The number of sulfonamides is 1. The number of halogens is 1. The molecule has 9 heteroatoms. The number of carbonyl (C=O) groups is 2. The number of carbonyl (C=O) groups excluding carboxylic acids is 2. The second-order valence-corrected chi connectivity index (χ2v) is 7.95. The molecule has 0 aliphatic carbocycles. The molecule has 1 saturated heterocycles. The van der Waals surface area contributed by atoms with Crippen LogP contribution in [-0.2, 0) is 24.3 Å². The average molecular weight is 390 g/mol. The molecule has 2 atom stereocenters. The summed E-state index contributed by atoms with van der Waals surface area (Å²) < 4.78 is 36.5. The number of rotatable bonds is 6. The Hall–Kier alpha value is -1.64. The zero-order valence-corrected chi connectivity index (χ0v) is 15.8. The quantitative estimate of drug-likeness (QED) is 0.693. The van der Waals surface area contributed by atoms with E-state index in [0.717, 1.165) is 0 Å². The van der Waals surface area contributed by atoms with E-state index in [1.54, 1.807) is 20.8 Å². The molecule has 1 aliphatic rings. The summed E-state index contributed by atoms with van der Waals surface area (Å²) in [6.45, 7) is 5.73. The van der Waals surface area contributed by atoms with E-state index in [9.17, 15) is 18.0 Å². The minimum atomic E-state index is -3.75. The SMILES string of the molecule is CCN(CC)S(=O)(=O)c1ccc(Cl)c(C(=O)O[C@@H]2C[C@@H](C)OC2=O)c1. The van der Waals surface area contributed by atoms with Gasteiger partial charge in [-0.05, 0) is 25.1 Å². The molecule has 7 nitrogen and oxygen atoms in total. The zero-order valence-electron chi connectivity index (χ0n) is 14.2. The third kappa shape index (κ3) is 4.13. The molecular weight excluding hydrogens is 370 g/mol. The number of nitrogens with zero attached hydrogens (tertiary/aromatic N) is 1. The highest BCUT2D eigenvalue weighted by Crippen LogP contribution is 2.25. The van der Waals surface area contributed by atoms with Crippen molar-refractivity contribution in [3.63, 3.8) is 0 Å². The molecule has 0 aromatic heterocycles. The van der Waals surface area contributed by atoms with Crippen LogP contribution in [0.3, 0.4) is 0 Å². The Morgan fingerprint density at radius 1 is 1.36 bits per heavy atom. The normalized spacial score (nSPS) is 20.6. The molecule has 0 spiro atoms. The lowest BCUT2D eigenvalue weighted by molar-refractivity contribution is -0.147. The van der Waals surface area contributed by atoms with Crippen molar-refractivity contribution in [1.29, 1.82) is 0 Å². The van der Waals surface area contributed by atoms with E-state index in [4.69, 9.17) is 21.1 Å². The third-order valence-electron chi connectivity index (χ3n) is 3.88. The second kappa shape index (κ2) is 7.72. The Bertz CT molecular complexity index is 775. The molecule has 1 aliphatic heterocycles. The number of ether oxygens (including phenoxy) is 2.